The van der Waals surface area contributed by atoms with Crippen LogP contribution in [-0.2, 0) is 6.42 Å². The van der Waals surface area contributed by atoms with Gasteiger partial charge in [-0.2, -0.15) is 5.10 Å². The topological polar surface area (TPSA) is 38.0 Å². The van der Waals surface area contributed by atoms with Crippen LogP contribution < -0.4 is 0 Å². The average molecular weight is 270 g/mol. The average Bonchev–Trinajstić information content (AvgIpc) is 3.09. The monoisotopic (exact) mass is 270 g/mol. The van der Waals surface area contributed by atoms with E-state index in [0.29, 0.717) is 12.5 Å². The molecule has 0 aliphatic heterocycles. The van der Waals surface area contributed by atoms with Crippen molar-refractivity contribution in [2.45, 2.75) is 51.2 Å². The molecule has 106 valence electrons. The zero-order valence-electron chi connectivity index (χ0n) is 12.0. The molecule has 20 heavy (non-hydrogen) atoms. The molecule has 2 aromatic rings. The summed E-state index contributed by atoms with van der Waals surface area (Å²) in [6.45, 7) is 2.05. The molecule has 1 N–H and O–H groups in total. The molecule has 1 aromatic carbocycles. The SMILES string of the molecule is Cc1ccc(C(O)Cc2ccn(C3CCCC3)n2)cc1. The molecule has 0 saturated heterocycles. The van der Waals surface area contributed by atoms with Crippen LogP contribution in [0.25, 0.3) is 0 Å². The number of aliphatic hydroxyl groups excluding tert-OH is 1. The third kappa shape index (κ3) is 2.93. The molecular formula is C17H22N2O. The molecule has 0 spiro atoms. The van der Waals surface area contributed by atoms with Gasteiger partial charge in [-0.15, -0.1) is 0 Å². The number of benzene rings is 1. The Hall–Kier alpha value is -1.61. The quantitative estimate of drug-likeness (QED) is 0.922. The second-order valence-corrected chi connectivity index (χ2v) is 5.86. The van der Waals surface area contributed by atoms with Gasteiger partial charge in [0.05, 0.1) is 17.8 Å². The van der Waals surface area contributed by atoms with E-state index in [2.05, 4.69) is 22.9 Å². The number of aryl methyl sites for hydroxylation is 1. The lowest BCUT2D eigenvalue weighted by Crippen LogP contribution is -2.07. The van der Waals surface area contributed by atoms with Crippen molar-refractivity contribution >= 4 is 0 Å². The molecule has 1 unspecified atom stereocenters. The van der Waals surface area contributed by atoms with Crippen molar-refractivity contribution in [2.24, 2.45) is 0 Å². The molecule has 1 aliphatic carbocycles. The largest absolute Gasteiger partial charge is 0.388 e. The molecule has 1 saturated carbocycles. The van der Waals surface area contributed by atoms with E-state index in [1.165, 1.54) is 31.2 Å². The lowest BCUT2D eigenvalue weighted by atomic mass is 10.0. The van der Waals surface area contributed by atoms with Crippen molar-refractivity contribution < 1.29 is 5.11 Å². The Bertz CT molecular complexity index is 553. The van der Waals surface area contributed by atoms with Crippen molar-refractivity contribution in [1.82, 2.24) is 9.78 Å². The fourth-order valence-corrected chi connectivity index (χ4v) is 2.96. The van der Waals surface area contributed by atoms with Crippen LogP contribution in [0.4, 0.5) is 0 Å². The Labute approximate surface area is 120 Å². The van der Waals surface area contributed by atoms with Crippen LogP contribution in [-0.4, -0.2) is 14.9 Å². The molecule has 1 aromatic heterocycles. The molecule has 0 bridgehead atoms. The first-order valence-electron chi connectivity index (χ1n) is 7.51. The fourth-order valence-electron chi connectivity index (χ4n) is 2.96. The summed E-state index contributed by atoms with van der Waals surface area (Å²) in [4.78, 5) is 0. The lowest BCUT2D eigenvalue weighted by molar-refractivity contribution is 0.177. The summed E-state index contributed by atoms with van der Waals surface area (Å²) < 4.78 is 2.09. The first kappa shape index (κ1) is 13.4. The van der Waals surface area contributed by atoms with E-state index in [1.807, 2.05) is 30.3 Å². The summed E-state index contributed by atoms with van der Waals surface area (Å²) >= 11 is 0. The van der Waals surface area contributed by atoms with Gasteiger partial charge in [-0.3, -0.25) is 4.68 Å². The molecule has 1 atom stereocenters. The van der Waals surface area contributed by atoms with Crippen LogP contribution in [0.1, 0.15) is 54.6 Å². The number of aliphatic hydroxyl groups is 1. The first-order chi connectivity index (χ1) is 9.72. The maximum absolute atomic E-state index is 10.3. The minimum absolute atomic E-state index is 0.470. The van der Waals surface area contributed by atoms with Crippen molar-refractivity contribution in [3.05, 3.63) is 53.3 Å². The predicted molar refractivity (Wildman–Crippen MR) is 79.6 cm³/mol. The summed E-state index contributed by atoms with van der Waals surface area (Å²) in [5.41, 5.74) is 3.16. The van der Waals surface area contributed by atoms with Crippen LogP contribution in [0.5, 0.6) is 0 Å². The van der Waals surface area contributed by atoms with E-state index >= 15 is 0 Å². The number of hydrogen-bond donors (Lipinski definition) is 1. The van der Waals surface area contributed by atoms with Crippen LogP contribution in [0.2, 0.25) is 0 Å². The van der Waals surface area contributed by atoms with Crippen LogP contribution in [0.15, 0.2) is 36.5 Å². The van der Waals surface area contributed by atoms with E-state index in [-0.39, 0.29) is 0 Å². The smallest absolute Gasteiger partial charge is 0.0846 e. The Kier molecular flexibility index (Phi) is 3.88. The van der Waals surface area contributed by atoms with Crippen LogP contribution >= 0.6 is 0 Å². The van der Waals surface area contributed by atoms with E-state index in [4.69, 9.17) is 0 Å². The van der Waals surface area contributed by atoms with Crippen molar-refractivity contribution in [3.63, 3.8) is 0 Å². The Balaban J connectivity index is 1.66. The second-order valence-electron chi connectivity index (χ2n) is 5.86. The van der Waals surface area contributed by atoms with Gasteiger partial charge in [-0.1, -0.05) is 42.7 Å². The lowest BCUT2D eigenvalue weighted by Gasteiger charge is -2.11. The summed E-state index contributed by atoms with van der Waals surface area (Å²) in [7, 11) is 0. The van der Waals surface area contributed by atoms with Crippen molar-refractivity contribution in [1.29, 1.82) is 0 Å². The molecule has 1 aliphatic rings. The van der Waals surface area contributed by atoms with Crippen molar-refractivity contribution in [3.8, 4) is 0 Å². The summed E-state index contributed by atoms with van der Waals surface area (Å²) in [6.07, 6.45) is 7.28. The van der Waals surface area contributed by atoms with Crippen molar-refractivity contribution in [2.75, 3.05) is 0 Å². The van der Waals surface area contributed by atoms with Gasteiger partial charge in [0.25, 0.3) is 0 Å². The number of rotatable bonds is 4. The predicted octanol–water partition coefficient (Wildman–Crippen LogP) is 3.58. The minimum Gasteiger partial charge on any atom is -0.388 e. The van der Waals surface area contributed by atoms with E-state index in [9.17, 15) is 5.11 Å². The Morgan fingerprint density at radius 3 is 2.60 bits per heavy atom. The summed E-state index contributed by atoms with van der Waals surface area (Å²) in [5.74, 6) is 0. The zero-order valence-corrected chi connectivity index (χ0v) is 12.0. The number of hydrogen-bond acceptors (Lipinski definition) is 2. The highest BCUT2D eigenvalue weighted by atomic mass is 16.3. The number of aromatic nitrogens is 2. The Morgan fingerprint density at radius 1 is 1.20 bits per heavy atom. The normalized spacial score (nSPS) is 17.5. The Morgan fingerprint density at radius 2 is 1.90 bits per heavy atom. The molecule has 0 amide bonds. The van der Waals surface area contributed by atoms with Gasteiger partial charge in [-0.25, -0.2) is 0 Å². The third-order valence-corrected chi connectivity index (χ3v) is 4.23. The molecule has 1 heterocycles. The van der Waals surface area contributed by atoms with Gasteiger partial charge in [0.15, 0.2) is 0 Å². The van der Waals surface area contributed by atoms with Gasteiger partial charge in [0.2, 0.25) is 0 Å². The van der Waals surface area contributed by atoms with Gasteiger partial charge in [-0.05, 0) is 31.4 Å². The van der Waals surface area contributed by atoms with Gasteiger partial charge >= 0.3 is 0 Å². The van der Waals surface area contributed by atoms with E-state index < -0.39 is 6.10 Å². The fraction of sp³-hybridized carbons (Fsp3) is 0.471. The number of nitrogens with zero attached hydrogens (tertiary/aromatic N) is 2. The van der Waals surface area contributed by atoms with Crippen LogP contribution in [0, 0.1) is 6.92 Å². The van der Waals surface area contributed by atoms with Gasteiger partial charge in [0, 0.05) is 12.6 Å². The molecule has 1 fully saturated rings. The van der Waals surface area contributed by atoms with E-state index in [0.717, 1.165) is 11.3 Å². The minimum atomic E-state index is -0.470. The van der Waals surface area contributed by atoms with Gasteiger partial charge < -0.3 is 5.11 Å². The molecule has 3 rings (SSSR count). The van der Waals surface area contributed by atoms with E-state index in [1.54, 1.807) is 0 Å². The molecule has 3 heteroatoms. The standard InChI is InChI=1S/C17H22N2O/c1-13-6-8-14(9-7-13)17(20)12-15-10-11-19(18-15)16-4-2-3-5-16/h6-11,16-17,20H,2-5,12H2,1H3. The maximum atomic E-state index is 10.3. The van der Waals surface area contributed by atoms with Crippen LogP contribution in [0.3, 0.4) is 0 Å². The van der Waals surface area contributed by atoms with Gasteiger partial charge in [0.1, 0.15) is 0 Å². The highest BCUT2D eigenvalue weighted by Crippen LogP contribution is 2.29. The summed E-state index contributed by atoms with van der Waals surface area (Å²) in [5, 5.41) is 14.9. The summed E-state index contributed by atoms with van der Waals surface area (Å²) in [6, 6.07) is 10.7. The maximum Gasteiger partial charge on any atom is 0.0846 e. The second kappa shape index (κ2) is 5.80. The highest BCUT2D eigenvalue weighted by molar-refractivity contribution is 5.24. The zero-order chi connectivity index (χ0) is 13.9. The molecule has 0 radical (unpaired) electrons. The highest BCUT2D eigenvalue weighted by Gasteiger charge is 2.18. The molecular weight excluding hydrogens is 248 g/mol. The third-order valence-electron chi connectivity index (χ3n) is 4.23. The first-order valence-corrected chi connectivity index (χ1v) is 7.51. The molecule has 3 nitrogen and oxygen atoms in total.